The van der Waals surface area contributed by atoms with Crippen LogP contribution >= 0.6 is 0 Å². The Morgan fingerprint density at radius 2 is 1.57 bits per heavy atom. The predicted octanol–water partition coefficient (Wildman–Crippen LogP) is 5.31. The van der Waals surface area contributed by atoms with Gasteiger partial charge in [-0.15, -0.1) is 0 Å². The normalized spacial score (nSPS) is 20.9. The lowest BCUT2D eigenvalue weighted by Crippen LogP contribution is -2.36. The summed E-state index contributed by atoms with van der Waals surface area (Å²) in [6, 6.07) is 24.3. The van der Waals surface area contributed by atoms with Crippen molar-refractivity contribution in [2.45, 2.75) is 45.4 Å². The highest BCUT2D eigenvalue weighted by Gasteiger charge is 2.59. The monoisotopic (exact) mass is 500 g/mol. The Balaban J connectivity index is 1.51. The van der Waals surface area contributed by atoms with Crippen LogP contribution in [0.2, 0.25) is 0 Å². The van der Waals surface area contributed by atoms with E-state index in [9.17, 15) is 9.59 Å². The smallest absolute Gasteiger partial charge is 0.262 e. The molecule has 37 heavy (non-hydrogen) atoms. The second kappa shape index (κ2) is 11.0. The number of hydroxylamine groups is 1. The molecular weight excluding hydrogens is 468 g/mol. The van der Waals surface area contributed by atoms with E-state index in [1.165, 1.54) is 4.90 Å². The van der Waals surface area contributed by atoms with Crippen LogP contribution in [0.15, 0.2) is 78.9 Å². The van der Waals surface area contributed by atoms with Gasteiger partial charge in [-0.3, -0.25) is 19.3 Å². The minimum Gasteiger partial charge on any atom is -0.490 e. The van der Waals surface area contributed by atoms with Crippen molar-refractivity contribution in [1.82, 2.24) is 4.90 Å². The minimum atomic E-state index is -0.891. The highest BCUT2D eigenvalue weighted by molar-refractivity contribution is 6.07. The molecule has 2 saturated heterocycles. The molecule has 0 bridgehead atoms. The number of carbonyl (C=O) groups excluding carboxylic acids is 2. The van der Waals surface area contributed by atoms with Crippen molar-refractivity contribution >= 4 is 17.5 Å². The van der Waals surface area contributed by atoms with Crippen LogP contribution in [0, 0.1) is 5.92 Å². The van der Waals surface area contributed by atoms with Crippen molar-refractivity contribution in [1.29, 1.82) is 0 Å². The fourth-order valence-electron chi connectivity index (χ4n) is 4.95. The van der Waals surface area contributed by atoms with Crippen LogP contribution in [0.3, 0.4) is 0 Å². The number of likely N-dealkylation sites (tertiary alicyclic amines) is 1. The zero-order valence-electron chi connectivity index (χ0n) is 21.2. The SMILES string of the molecule is CCCCOc1ccc([C@H]2[C@H]3C(=O)N(Cc4ccccc4)C(=O)[C@@H]3ON2c2ccccc2)cc1OCC. The highest BCUT2D eigenvalue weighted by Crippen LogP contribution is 2.48. The molecule has 0 aromatic heterocycles. The van der Waals surface area contributed by atoms with Gasteiger partial charge in [-0.1, -0.05) is 67.9 Å². The lowest BCUT2D eigenvalue weighted by Gasteiger charge is -2.29. The van der Waals surface area contributed by atoms with Crippen molar-refractivity contribution < 1.29 is 23.9 Å². The summed E-state index contributed by atoms with van der Waals surface area (Å²) in [6.45, 7) is 5.34. The predicted molar refractivity (Wildman–Crippen MR) is 140 cm³/mol. The van der Waals surface area contributed by atoms with Crippen molar-refractivity contribution in [2.24, 2.45) is 5.92 Å². The fourth-order valence-corrected chi connectivity index (χ4v) is 4.95. The number of hydrogen-bond acceptors (Lipinski definition) is 6. The van der Waals surface area contributed by atoms with Crippen molar-refractivity contribution in [3.63, 3.8) is 0 Å². The number of hydrogen-bond donors (Lipinski definition) is 0. The van der Waals surface area contributed by atoms with Crippen LogP contribution in [0.25, 0.3) is 0 Å². The first kappa shape index (κ1) is 24.8. The minimum absolute atomic E-state index is 0.224. The summed E-state index contributed by atoms with van der Waals surface area (Å²) in [5.41, 5.74) is 2.50. The Morgan fingerprint density at radius 3 is 2.27 bits per heavy atom. The molecule has 0 aliphatic carbocycles. The number of unbranched alkanes of at least 4 members (excludes halogenated alkanes) is 1. The van der Waals surface area contributed by atoms with Crippen molar-refractivity contribution in [2.75, 3.05) is 18.3 Å². The molecule has 0 radical (unpaired) electrons. The molecule has 0 N–H and O–H groups in total. The zero-order chi connectivity index (χ0) is 25.8. The molecule has 0 unspecified atom stereocenters. The van der Waals surface area contributed by atoms with Gasteiger partial charge in [0.15, 0.2) is 17.6 Å². The van der Waals surface area contributed by atoms with Gasteiger partial charge in [-0.05, 0) is 48.7 Å². The first-order valence-corrected chi connectivity index (χ1v) is 12.9. The molecule has 3 atom stereocenters. The average Bonchev–Trinajstić information content (AvgIpc) is 3.43. The summed E-state index contributed by atoms with van der Waals surface area (Å²) < 4.78 is 11.9. The van der Waals surface area contributed by atoms with Gasteiger partial charge in [0.05, 0.1) is 31.5 Å². The summed E-state index contributed by atoms with van der Waals surface area (Å²) >= 11 is 0. The summed E-state index contributed by atoms with van der Waals surface area (Å²) in [4.78, 5) is 34.8. The molecule has 7 heteroatoms. The Kier molecular flexibility index (Phi) is 7.42. The molecule has 2 aliphatic rings. The molecule has 2 amide bonds. The first-order valence-electron chi connectivity index (χ1n) is 12.9. The quantitative estimate of drug-likeness (QED) is 0.278. The summed E-state index contributed by atoms with van der Waals surface area (Å²) in [5.74, 6) is 0.0545. The molecule has 5 rings (SSSR count). The van der Waals surface area contributed by atoms with Gasteiger partial charge in [0.2, 0.25) is 5.91 Å². The second-order valence-corrected chi connectivity index (χ2v) is 9.25. The molecule has 2 aliphatic heterocycles. The summed E-state index contributed by atoms with van der Waals surface area (Å²) in [6.07, 6.45) is 1.09. The Labute approximate surface area is 217 Å². The van der Waals surface area contributed by atoms with E-state index in [4.69, 9.17) is 14.3 Å². The van der Waals surface area contributed by atoms with Gasteiger partial charge in [-0.2, -0.15) is 0 Å². The van der Waals surface area contributed by atoms with Gasteiger partial charge in [0.1, 0.15) is 5.92 Å². The zero-order valence-corrected chi connectivity index (χ0v) is 21.2. The maximum atomic E-state index is 13.8. The number of carbonyl (C=O) groups is 2. The number of para-hydroxylation sites is 1. The molecule has 2 heterocycles. The second-order valence-electron chi connectivity index (χ2n) is 9.25. The lowest BCUT2D eigenvalue weighted by atomic mass is 9.90. The van der Waals surface area contributed by atoms with Gasteiger partial charge >= 0.3 is 0 Å². The molecular formula is C30H32N2O5. The maximum Gasteiger partial charge on any atom is 0.262 e. The average molecular weight is 501 g/mol. The topological polar surface area (TPSA) is 68.3 Å². The van der Waals surface area contributed by atoms with E-state index in [2.05, 4.69) is 6.92 Å². The standard InChI is InChI=1S/C30H32N2O5/c1-3-5-18-36-24-17-16-22(19-25(24)35-4-2)27-26-28(37-32(27)23-14-10-7-11-15-23)30(34)31(29(26)33)20-21-12-8-6-9-13-21/h6-17,19,26-28H,3-5,18,20H2,1-2H3/t26-,27+,28-/m1/s1. The number of nitrogens with zero attached hydrogens (tertiary/aromatic N) is 2. The number of imide groups is 1. The van der Waals surface area contributed by atoms with E-state index in [-0.39, 0.29) is 18.4 Å². The Morgan fingerprint density at radius 1 is 0.838 bits per heavy atom. The third kappa shape index (κ3) is 4.91. The first-order chi connectivity index (χ1) is 18.1. The lowest BCUT2D eigenvalue weighted by molar-refractivity contribution is -0.143. The molecule has 3 aromatic rings. The van der Waals surface area contributed by atoms with E-state index in [1.807, 2.05) is 85.8 Å². The van der Waals surface area contributed by atoms with E-state index in [1.54, 1.807) is 5.06 Å². The molecule has 3 aromatic carbocycles. The molecule has 0 spiro atoms. The van der Waals surface area contributed by atoms with Gasteiger partial charge in [0, 0.05) is 0 Å². The fraction of sp³-hybridized carbons (Fsp3) is 0.333. The Hall–Kier alpha value is -3.84. The molecule has 0 saturated carbocycles. The van der Waals surface area contributed by atoms with Crippen molar-refractivity contribution in [3.8, 4) is 11.5 Å². The number of rotatable bonds is 10. The maximum absolute atomic E-state index is 13.8. The van der Waals surface area contributed by atoms with E-state index in [0.29, 0.717) is 24.7 Å². The molecule has 192 valence electrons. The van der Waals surface area contributed by atoms with Gasteiger partial charge < -0.3 is 9.47 Å². The van der Waals surface area contributed by atoms with Crippen molar-refractivity contribution in [3.05, 3.63) is 90.0 Å². The van der Waals surface area contributed by atoms with Gasteiger partial charge in [-0.25, -0.2) is 5.06 Å². The Bertz CT molecular complexity index is 1230. The van der Waals surface area contributed by atoms with Crippen LogP contribution in [-0.2, 0) is 21.0 Å². The largest absolute Gasteiger partial charge is 0.490 e. The van der Waals surface area contributed by atoms with Crippen LogP contribution in [0.1, 0.15) is 43.9 Å². The molecule has 2 fully saturated rings. The van der Waals surface area contributed by atoms with Crippen LogP contribution in [-0.4, -0.2) is 36.0 Å². The number of benzene rings is 3. The van der Waals surface area contributed by atoms with Gasteiger partial charge in [0.25, 0.3) is 5.91 Å². The number of amides is 2. The third-order valence-electron chi connectivity index (χ3n) is 6.77. The van der Waals surface area contributed by atoms with Crippen LogP contribution in [0.5, 0.6) is 11.5 Å². The van der Waals surface area contributed by atoms with E-state index >= 15 is 0 Å². The summed E-state index contributed by atoms with van der Waals surface area (Å²) in [7, 11) is 0. The van der Waals surface area contributed by atoms with Crippen LogP contribution in [0.4, 0.5) is 5.69 Å². The number of fused-ring (bicyclic) bond motifs is 1. The van der Waals surface area contributed by atoms with E-state index in [0.717, 1.165) is 29.7 Å². The van der Waals surface area contributed by atoms with E-state index < -0.39 is 18.1 Å². The third-order valence-corrected chi connectivity index (χ3v) is 6.77. The van der Waals surface area contributed by atoms with Crippen LogP contribution < -0.4 is 14.5 Å². The summed E-state index contributed by atoms with van der Waals surface area (Å²) in [5, 5.41) is 1.70. The number of anilines is 1. The highest BCUT2D eigenvalue weighted by atomic mass is 16.7. The molecule has 7 nitrogen and oxygen atoms in total. The number of ether oxygens (including phenoxy) is 2.